The molecule has 0 aliphatic rings. The molecule has 2 aromatic heterocycles. The van der Waals surface area contributed by atoms with Crippen molar-refractivity contribution in [3.8, 4) is 10.6 Å². The molecular formula is C37H28N4O3S3. The number of anilines is 2. The second-order valence-corrected chi connectivity index (χ2v) is 13.2. The summed E-state index contributed by atoms with van der Waals surface area (Å²) in [5.41, 5.74) is 3.54. The third-order valence-corrected chi connectivity index (χ3v) is 9.77. The van der Waals surface area contributed by atoms with E-state index in [4.69, 9.17) is 0 Å². The summed E-state index contributed by atoms with van der Waals surface area (Å²) in [5, 5.41) is 12.6. The van der Waals surface area contributed by atoms with Crippen LogP contribution in [0.2, 0.25) is 0 Å². The average Bonchev–Trinajstić information content (AvgIpc) is 3.82. The van der Waals surface area contributed by atoms with Gasteiger partial charge in [-0.3, -0.25) is 14.4 Å². The lowest BCUT2D eigenvalue weighted by Crippen LogP contribution is -2.30. The number of carbonyl (C=O) groups excluding carboxylic acids is 3. The Bertz CT molecular complexity index is 1980. The zero-order chi connectivity index (χ0) is 32.4. The summed E-state index contributed by atoms with van der Waals surface area (Å²) in [7, 11) is 0. The van der Waals surface area contributed by atoms with Crippen LogP contribution in [0.15, 0.2) is 149 Å². The third-order valence-electron chi connectivity index (χ3n) is 6.85. The maximum atomic E-state index is 13.6. The lowest BCUT2D eigenvalue weighted by atomic mass is 10.1. The van der Waals surface area contributed by atoms with Gasteiger partial charge in [0.05, 0.1) is 10.6 Å². The number of hydrogen-bond acceptors (Lipinski definition) is 7. The van der Waals surface area contributed by atoms with Crippen molar-refractivity contribution >= 4 is 69.1 Å². The van der Waals surface area contributed by atoms with Crippen LogP contribution in [0.3, 0.4) is 0 Å². The molecule has 10 heteroatoms. The Hall–Kier alpha value is -5.29. The van der Waals surface area contributed by atoms with Gasteiger partial charge < -0.3 is 16.0 Å². The number of nitrogens with zero attached hydrogens (tertiary/aromatic N) is 1. The molecule has 2 heterocycles. The molecule has 0 saturated heterocycles. The number of benzene rings is 4. The van der Waals surface area contributed by atoms with Crippen LogP contribution < -0.4 is 16.0 Å². The maximum Gasteiger partial charge on any atom is 0.272 e. The lowest BCUT2D eigenvalue weighted by molar-refractivity contribution is -0.116. The van der Waals surface area contributed by atoms with Gasteiger partial charge in [0, 0.05) is 21.5 Å². The molecule has 0 saturated carbocycles. The number of rotatable bonds is 11. The number of aromatic nitrogens is 1. The highest BCUT2D eigenvalue weighted by atomic mass is 32.2. The Morgan fingerprint density at radius 2 is 1.40 bits per heavy atom. The molecule has 4 aromatic carbocycles. The van der Waals surface area contributed by atoms with Crippen LogP contribution in [0, 0.1) is 0 Å². The van der Waals surface area contributed by atoms with Gasteiger partial charge >= 0.3 is 0 Å². The number of amides is 3. The quantitative estimate of drug-likeness (QED) is 0.0944. The fraction of sp³-hybridized carbons (Fsp3) is 0.0270. The molecule has 6 rings (SSSR count). The Morgan fingerprint density at radius 3 is 2.09 bits per heavy atom. The van der Waals surface area contributed by atoms with Gasteiger partial charge in [-0.25, -0.2) is 4.98 Å². The molecule has 7 nitrogen and oxygen atoms in total. The number of thioether (sulfide) groups is 1. The van der Waals surface area contributed by atoms with Crippen molar-refractivity contribution in [2.75, 3.05) is 10.6 Å². The van der Waals surface area contributed by atoms with Crippen LogP contribution in [-0.4, -0.2) is 22.7 Å². The van der Waals surface area contributed by atoms with Crippen LogP contribution in [0.4, 0.5) is 10.8 Å². The first-order valence-corrected chi connectivity index (χ1v) is 17.2. The summed E-state index contributed by atoms with van der Waals surface area (Å²) in [6.07, 6.45) is 1.63. The second kappa shape index (κ2) is 15.3. The predicted molar refractivity (Wildman–Crippen MR) is 192 cm³/mol. The van der Waals surface area contributed by atoms with Gasteiger partial charge in [0.2, 0.25) is 5.91 Å². The third kappa shape index (κ3) is 8.50. The van der Waals surface area contributed by atoms with Crippen LogP contribution >= 0.6 is 34.4 Å². The molecular weight excluding hydrogens is 645 g/mol. The summed E-state index contributed by atoms with van der Waals surface area (Å²) in [5.74, 6) is -1.04. The first-order chi connectivity index (χ1) is 23.0. The number of nitrogens with one attached hydrogen (secondary N) is 3. The van der Waals surface area contributed by atoms with E-state index in [0.29, 0.717) is 16.4 Å². The van der Waals surface area contributed by atoms with Gasteiger partial charge in [-0.2, -0.15) is 0 Å². The van der Waals surface area contributed by atoms with E-state index < -0.39 is 11.2 Å². The van der Waals surface area contributed by atoms with Crippen molar-refractivity contribution in [2.45, 2.75) is 10.1 Å². The molecule has 232 valence electrons. The summed E-state index contributed by atoms with van der Waals surface area (Å²) in [6, 6.07) is 38.8. The van der Waals surface area contributed by atoms with Crippen molar-refractivity contribution in [3.63, 3.8) is 0 Å². The van der Waals surface area contributed by atoms with Gasteiger partial charge in [-0.15, -0.1) is 34.4 Å². The molecule has 0 aliphatic heterocycles. The predicted octanol–water partition coefficient (Wildman–Crippen LogP) is 8.75. The van der Waals surface area contributed by atoms with E-state index in [9.17, 15) is 14.4 Å². The van der Waals surface area contributed by atoms with Crippen LogP contribution in [0.1, 0.15) is 26.7 Å². The fourth-order valence-electron chi connectivity index (χ4n) is 4.55. The van der Waals surface area contributed by atoms with E-state index in [1.54, 1.807) is 53.8 Å². The van der Waals surface area contributed by atoms with Crippen molar-refractivity contribution in [1.82, 2.24) is 10.3 Å². The highest BCUT2D eigenvalue weighted by molar-refractivity contribution is 8.00. The highest BCUT2D eigenvalue weighted by Crippen LogP contribution is 2.37. The lowest BCUT2D eigenvalue weighted by Gasteiger charge is -2.17. The standard InChI is InChI=1S/C37H28N4O3S3/c42-34(27-15-8-3-9-16-27)39-30(23-25-11-4-1-5-12-25)35(43)38-28-18-20-29(21-19-28)47-33(26-13-6-2-7-14-26)36(44)41-37-40-31(24-46-37)32-17-10-22-45-32/h1-24,33H,(H,38,43)(H,39,42)(H,40,41,44)/b30-23-. The topological polar surface area (TPSA) is 100 Å². The molecule has 0 spiro atoms. The minimum atomic E-state index is -0.542. The van der Waals surface area contributed by atoms with Gasteiger partial charge in [0.15, 0.2) is 5.13 Å². The largest absolute Gasteiger partial charge is 0.321 e. The average molecular weight is 673 g/mol. The summed E-state index contributed by atoms with van der Waals surface area (Å²) in [4.78, 5) is 46.4. The van der Waals surface area contributed by atoms with Gasteiger partial charge in [0.1, 0.15) is 10.9 Å². The molecule has 1 unspecified atom stereocenters. The van der Waals surface area contributed by atoms with Gasteiger partial charge in [-0.1, -0.05) is 84.9 Å². The minimum absolute atomic E-state index is 0.105. The molecule has 0 radical (unpaired) electrons. The Morgan fingerprint density at radius 1 is 0.723 bits per heavy atom. The molecule has 47 heavy (non-hydrogen) atoms. The van der Waals surface area contributed by atoms with E-state index in [-0.39, 0.29) is 17.5 Å². The van der Waals surface area contributed by atoms with E-state index >= 15 is 0 Å². The molecule has 3 amide bonds. The zero-order valence-electron chi connectivity index (χ0n) is 24.8. The van der Waals surface area contributed by atoms with Crippen LogP contribution in [0.25, 0.3) is 16.6 Å². The van der Waals surface area contributed by atoms with Crippen molar-refractivity contribution < 1.29 is 14.4 Å². The smallest absolute Gasteiger partial charge is 0.272 e. The number of thiophene rings is 1. The molecule has 6 aromatic rings. The molecule has 0 fully saturated rings. The molecule has 3 N–H and O–H groups in total. The first kappa shape index (κ1) is 31.7. The number of hydrogen-bond donors (Lipinski definition) is 3. The van der Waals surface area contributed by atoms with E-state index in [0.717, 1.165) is 26.6 Å². The summed E-state index contributed by atoms with van der Waals surface area (Å²) >= 11 is 4.39. The second-order valence-electron chi connectivity index (χ2n) is 10.2. The normalized spacial score (nSPS) is 11.8. The molecule has 0 bridgehead atoms. The number of thiazole rings is 1. The maximum absolute atomic E-state index is 13.6. The van der Waals surface area contributed by atoms with Gasteiger partial charge in [-0.05, 0) is 65.0 Å². The first-order valence-electron chi connectivity index (χ1n) is 14.6. The fourth-order valence-corrected chi connectivity index (χ4v) is 7.05. The summed E-state index contributed by atoms with van der Waals surface area (Å²) in [6.45, 7) is 0. The zero-order valence-corrected chi connectivity index (χ0v) is 27.3. The van der Waals surface area contributed by atoms with Crippen molar-refractivity contribution in [1.29, 1.82) is 0 Å². The van der Waals surface area contributed by atoms with E-state index in [1.807, 2.05) is 102 Å². The van der Waals surface area contributed by atoms with Crippen LogP contribution in [-0.2, 0) is 9.59 Å². The Balaban J connectivity index is 1.16. The van der Waals surface area contributed by atoms with Crippen molar-refractivity contribution in [2.24, 2.45) is 0 Å². The van der Waals surface area contributed by atoms with E-state index in [1.165, 1.54) is 23.1 Å². The SMILES string of the molecule is O=C(Nc1ccc(SC(C(=O)Nc2nc(-c3cccs3)cs2)c2ccccc2)cc1)/C(=C/c1ccccc1)NC(=O)c1ccccc1. The van der Waals surface area contributed by atoms with Gasteiger partial charge in [0.25, 0.3) is 11.8 Å². The van der Waals surface area contributed by atoms with Crippen molar-refractivity contribution in [3.05, 3.63) is 161 Å². The summed E-state index contributed by atoms with van der Waals surface area (Å²) < 4.78 is 0. The van der Waals surface area contributed by atoms with E-state index in [2.05, 4.69) is 20.9 Å². The number of carbonyl (C=O) groups is 3. The molecule has 1 atom stereocenters. The highest BCUT2D eigenvalue weighted by Gasteiger charge is 2.23. The molecule has 0 aliphatic carbocycles. The minimum Gasteiger partial charge on any atom is -0.321 e. The Labute approximate surface area is 284 Å². The Kier molecular flexibility index (Phi) is 10.3. The monoisotopic (exact) mass is 672 g/mol. The van der Waals surface area contributed by atoms with Crippen LogP contribution in [0.5, 0.6) is 0 Å².